The summed E-state index contributed by atoms with van der Waals surface area (Å²) < 4.78 is 28.2. The van der Waals surface area contributed by atoms with Gasteiger partial charge in [0.25, 0.3) is 10.0 Å². The minimum atomic E-state index is -3.59. The van der Waals surface area contributed by atoms with E-state index in [1.165, 1.54) is 16.8 Å². The van der Waals surface area contributed by atoms with Crippen LogP contribution in [0.5, 0.6) is 0 Å². The number of carbonyl (C=O) groups is 1. The highest BCUT2D eigenvalue weighted by Gasteiger charge is 2.49. The van der Waals surface area contributed by atoms with E-state index in [0.29, 0.717) is 19.0 Å². The zero-order valence-electron chi connectivity index (χ0n) is 13.1. The van der Waals surface area contributed by atoms with Gasteiger partial charge < -0.3 is 9.47 Å². The summed E-state index contributed by atoms with van der Waals surface area (Å²) in [4.78, 5) is 18.2. The van der Waals surface area contributed by atoms with E-state index < -0.39 is 10.0 Å². The summed E-state index contributed by atoms with van der Waals surface area (Å²) in [7, 11) is -1.86. The summed E-state index contributed by atoms with van der Waals surface area (Å²) in [5.74, 6) is 0.426. The van der Waals surface area contributed by atoms with Crippen LogP contribution >= 0.6 is 0 Å². The standard InChI is InChI=1S/C14H22N4O3S/c1-10(2)4-17-5-11-6-18(7-12(11)14(17)19)22(20,21)13-8-16(3)9-15-13/h8-12H,4-7H2,1-3H3/t11-,12+/m1/s1. The van der Waals surface area contributed by atoms with E-state index in [0.717, 1.165) is 6.54 Å². The molecule has 0 aromatic carbocycles. The molecule has 3 heterocycles. The van der Waals surface area contributed by atoms with Crippen LogP contribution in [0.4, 0.5) is 0 Å². The molecular weight excluding hydrogens is 304 g/mol. The molecule has 7 nitrogen and oxygen atoms in total. The fourth-order valence-electron chi connectivity index (χ4n) is 3.36. The molecule has 2 fully saturated rings. The average Bonchev–Trinajstić information content (AvgIpc) is 3.08. The molecule has 0 radical (unpaired) electrons. The fraction of sp³-hybridized carbons (Fsp3) is 0.714. The monoisotopic (exact) mass is 326 g/mol. The van der Waals surface area contributed by atoms with Crippen molar-refractivity contribution in [2.75, 3.05) is 26.2 Å². The van der Waals surface area contributed by atoms with Gasteiger partial charge in [-0.1, -0.05) is 13.8 Å². The van der Waals surface area contributed by atoms with Crippen LogP contribution in [0.15, 0.2) is 17.6 Å². The molecule has 2 aliphatic heterocycles. The number of hydrogen-bond donors (Lipinski definition) is 0. The van der Waals surface area contributed by atoms with Crippen LogP contribution < -0.4 is 0 Å². The van der Waals surface area contributed by atoms with E-state index in [1.807, 2.05) is 4.90 Å². The highest BCUT2D eigenvalue weighted by atomic mass is 32.2. The second kappa shape index (κ2) is 5.34. The zero-order valence-corrected chi connectivity index (χ0v) is 14.0. The first kappa shape index (κ1) is 15.5. The van der Waals surface area contributed by atoms with Crippen LogP contribution in [0.1, 0.15) is 13.8 Å². The Morgan fingerprint density at radius 3 is 2.59 bits per heavy atom. The molecule has 0 bridgehead atoms. The number of nitrogens with zero attached hydrogens (tertiary/aromatic N) is 4. The van der Waals surface area contributed by atoms with Crippen LogP contribution in [0, 0.1) is 17.8 Å². The van der Waals surface area contributed by atoms with E-state index in [1.54, 1.807) is 11.6 Å². The molecule has 2 saturated heterocycles. The van der Waals surface area contributed by atoms with Gasteiger partial charge in [-0.15, -0.1) is 0 Å². The van der Waals surface area contributed by atoms with E-state index >= 15 is 0 Å². The highest BCUT2D eigenvalue weighted by molar-refractivity contribution is 7.89. The molecule has 1 amide bonds. The van der Waals surface area contributed by atoms with Crippen molar-refractivity contribution in [2.45, 2.75) is 18.9 Å². The molecule has 0 spiro atoms. The van der Waals surface area contributed by atoms with E-state index in [9.17, 15) is 13.2 Å². The molecule has 1 aromatic heterocycles. The first-order chi connectivity index (χ1) is 10.3. The Kier molecular flexibility index (Phi) is 3.76. The van der Waals surface area contributed by atoms with Crippen molar-refractivity contribution in [1.29, 1.82) is 0 Å². The van der Waals surface area contributed by atoms with Gasteiger partial charge in [-0.2, -0.15) is 4.31 Å². The van der Waals surface area contributed by atoms with E-state index in [4.69, 9.17) is 0 Å². The molecule has 0 N–H and O–H groups in total. The topological polar surface area (TPSA) is 75.5 Å². The third kappa shape index (κ3) is 2.54. The van der Waals surface area contributed by atoms with Gasteiger partial charge >= 0.3 is 0 Å². The van der Waals surface area contributed by atoms with Crippen molar-refractivity contribution < 1.29 is 13.2 Å². The van der Waals surface area contributed by atoms with Crippen molar-refractivity contribution >= 4 is 15.9 Å². The largest absolute Gasteiger partial charge is 0.342 e. The second-order valence-corrected chi connectivity index (χ2v) is 8.59. The Bertz CT molecular complexity index is 682. The number of aromatic nitrogens is 2. The molecule has 8 heteroatoms. The number of carbonyl (C=O) groups excluding carboxylic acids is 1. The highest BCUT2D eigenvalue weighted by Crippen LogP contribution is 2.35. The number of likely N-dealkylation sites (tertiary alicyclic amines) is 1. The molecule has 1 aromatic rings. The van der Waals surface area contributed by atoms with Crippen LogP contribution in [0.25, 0.3) is 0 Å². The van der Waals surface area contributed by atoms with Crippen molar-refractivity contribution in [2.24, 2.45) is 24.8 Å². The van der Waals surface area contributed by atoms with Crippen molar-refractivity contribution in [3.05, 3.63) is 12.5 Å². The maximum atomic E-state index is 12.6. The summed E-state index contributed by atoms with van der Waals surface area (Å²) in [5.41, 5.74) is 0. The summed E-state index contributed by atoms with van der Waals surface area (Å²) in [6, 6.07) is 0. The van der Waals surface area contributed by atoms with Crippen molar-refractivity contribution in [3.8, 4) is 0 Å². The van der Waals surface area contributed by atoms with Gasteiger partial charge in [0.2, 0.25) is 5.91 Å². The minimum Gasteiger partial charge on any atom is -0.342 e. The third-order valence-corrected chi connectivity index (χ3v) is 6.08. The van der Waals surface area contributed by atoms with Gasteiger partial charge in [-0.25, -0.2) is 13.4 Å². The van der Waals surface area contributed by atoms with Gasteiger partial charge in [-0.05, 0) is 5.92 Å². The Balaban J connectivity index is 1.74. The number of aryl methyl sites for hydroxylation is 1. The average molecular weight is 326 g/mol. The maximum absolute atomic E-state index is 12.6. The normalized spacial score (nSPS) is 26.2. The van der Waals surface area contributed by atoms with Crippen LogP contribution in [-0.4, -0.2) is 59.3 Å². The third-order valence-electron chi connectivity index (χ3n) is 4.36. The predicted octanol–water partition coefficient (Wildman–Crippen LogP) is 0.155. The Labute approximate surface area is 131 Å². The predicted molar refractivity (Wildman–Crippen MR) is 80.4 cm³/mol. The lowest BCUT2D eigenvalue weighted by Crippen LogP contribution is -2.37. The zero-order chi connectivity index (χ0) is 16.1. The van der Waals surface area contributed by atoms with Crippen LogP contribution in [-0.2, 0) is 21.9 Å². The van der Waals surface area contributed by atoms with Gasteiger partial charge in [0.15, 0.2) is 5.03 Å². The second-order valence-electron chi connectivity index (χ2n) is 6.70. The lowest BCUT2D eigenvalue weighted by Gasteiger charge is -2.22. The molecule has 2 aliphatic rings. The molecule has 2 atom stereocenters. The quantitative estimate of drug-likeness (QED) is 0.789. The molecule has 0 unspecified atom stereocenters. The van der Waals surface area contributed by atoms with E-state index in [2.05, 4.69) is 18.8 Å². The van der Waals surface area contributed by atoms with Gasteiger partial charge in [-0.3, -0.25) is 4.79 Å². The van der Waals surface area contributed by atoms with Crippen LogP contribution in [0.3, 0.4) is 0 Å². The van der Waals surface area contributed by atoms with E-state index in [-0.39, 0.29) is 29.3 Å². The first-order valence-electron chi connectivity index (χ1n) is 7.56. The summed E-state index contributed by atoms with van der Waals surface area (Å²) in [6.45, 7) is 6.26. The van der Waals surface area contributed by atoms with Crippen molar-refractivity contribution in [3.63, 3.8) is 0 Å². The number of hydrogen-bond acceptors (Lipinski definition) is 4. The van der Waals surface area contributed by atoms with Crippen molar-refractivity contribution in [1.82, 2.24) is 18.8 Å². The SMILES string of the molecule is CC(C)CN1C[C@@H]2CN(S(=O)(=O)c3cn(C)cn3)C[C@@H]2C1=O. The molecule has 22 heavy (non-hydrogen) atoms. The lowest BCUT2D eigenvalue weighted by molar-refractivity contribution is -0.131. The fourth-order valence-corrected chi connectivity index (χ4v) is 4.85. The first-order valence-corrected chi connectivity index (χ1v) is 9.00. The molecule has 0 aliphatic carbocycles. The summed E-state index contributed by atoms with van der Waals surface area (Å²) in [6.07, 6.45) is 2.97. The number of rotatable bonds is 4. The van der Waals surface area contributed by atoms with Gasteiger partial charge in [0.05, 0.1) is 12.2 Å². The maximum Gasteiger partial charge on any atom is 0.262 e. The number of sulfonamides is 1. The van der Waals surface area contributed by atoms with Gasteiger partial charge in [0.1, 0.15) is 0 Å². The number of amides is 1. The minimum absolute atomic E-state index is 0.0569. The molecule has 3 rings (SSSR count). The molecule has 0 saturated carbocycles. The lowest BCUT2D eigenvalue weighted by atomic mass is 10.0. The Morgan fingerprint density at radius 2 is 2.05 bits per heavy atom. The Morgan fingerprint density at radius 1 is 1.32 bits per heavy atom. The summed E-state index contributed by atoms with van der Waals surface area (Å²) in [5, 5.41) is 0.0569. The number of fused-ring (bicyclic) bond motifs is 1. The van der Waals surface area contributed by atoms with Crippen LogP contribution in [0.2, 0.25) is 0 Å². The smallest absolute Gasteiger partial charge is 0.262 e. The molecular formula is C14H22N4O3S. The van der Waals surface area contributed by atoms with Gasteiger partial charge in [0, 0.05) is 45.3 Å². The molecule has 122 valence electrons. The number of imidazole rings is 1. The Hall–Kier alpha value is -1.41. The summed E-state index contributed by atoms with van der Waals surface area (Å²) >= 11 is 0.